The highest BCUT2D eigenvalue weighted by molar-refractivity contribution is 5.71. The van der Waals surface area contributed by atoms with E-state index in [-0.39, 0.29) is 12.8 Å². The highest BCUT2D eigenvalue weighted by Crippen LogP contribution is 2.32. The maximum Gasteiger partial charge on any atom is 0.411 e. The summed E-state index contributed by atoms with van der Waals surface area (Å²) in [7, 11) is 0. The van der Waals surface area contributed by atoms with E-state index >= 15 is 0 Å². The maximum atomic E-state index is 12.2. The van der Waals surface area contributed by atoms with Crippen LogP contribution in [-0.4, -0.2) is 35.8 Å². The van der Waals surface area contributed by atoms with Crippen LogP contribution in [0.25, 0.3) is 11.1 Å². The van der Waals surface area contributed by atoms with Crippen LogP contribution in [-0.2, 0) is 18.0 Å². The van der Waals surface area contributed by atoms with Crippen molar-refractivity contribution in [2.24, 2.45) is 0 Å². The molecule has 1 aliphatic heterocycles. The molecule has 2 heterocycles. The van der Waals surface area contributed by atoms with Crippen molar-refractivity contribution in [3.8, 4) is 22.9 Å². The van der Waals surface area contributed by atoms with Crippen molar-refractivity contribution in [2.75, 3.05) is 25.1 Å². The number of nitrogens with zero attached hydrogens (tertiary/aromatic N) is 2. The largest absolute Gasteiger partial charge is 0.473 e. The minimum absolute atomic E-state index is 0.120. The van der Waals surface area contributed by atoms with Crippen LogP contribution >= 0.6 is 0 Å². The third kappa shape index (κ3) is 7.51. The van der Waals surface area contributed by atoms with Crippen LogP contribution in [0.4, 0.5) is 10.5 Å². The first-order valence-electron chi connectivity index (χ1n) is 13.3. The summed E-state index contributed by atoms with van der Waals surface area (Å²) in [6.07, 6.45) is 2.98. The summed E-state index contributed by atoms with van der Waals surface area (Å²) in [4.78, 5) is 18.7. The van der Waals surface area contributed by atoms with Crippen molar-refractivity contribution in [1.82, 2.24) is 9.88 Å². The Bertz CT molecular complexity index is 1320. The number of likely N-dealkylation sites (tertiary alicyclic amines) is 1. The lowest BCUT2D eigenvalue weighted by Gasteiger charge is -2.25. The SMILES string of the molecule is O=C(OCNc1ccc(-c2ccc(OCc3ccccc3)nc2OCc2ccccc2)cc1)N1CCCCC1. The molecular formula is C32H33N3O4. The molecule has 1 aliphatic rings. The second-order valence-electron chi connectivity index (χ2n) is 9.41. The Morgan fingerprint density at radius 3 is 2.05 bits per heavy atom. The average Bonchev–Trinajstić information content (AvgIpc) is 3.01. The van der Waals surface area contributed by atoms with Gasteiger partial charge in [0.25, 0.3) is 0 Å². The number of nitrogens with one attached hydrogen (secondary N) is 1. The van der Waals surface area contributed by atoms with Gasteiger partial charge in [-0.1, -0.05) is 72.8 Å². The van der Waals surface area contributed by atoms with E-state index in [9.17, 15) is 4.79 Å². The van der Waals surface area contributed by atoms with Gasteiger partial charge in [-0.25, -0.2) is 4.79 Å². The van der Waals surface area contributed by atoms with Crippen molar-refractivity contribution >= 4 is 11.8 Å². The Morgan fingerprint density at radius 1 is 0.744 bits per heavy atom. The topological polar surface area (TPSA) is 72.9 Å². The van der Waals surface area contributed by atoms with E-state index in [0.29, 0.717) is 25.0 Å². The third-order valence-corrected chi connectivity index (χ3v) is 6.56. The van der Waals surface area contributed by atoms with Gasteiger partial charge in [-0.15, -0.1) is 0 Å². The number of hydrogen-bond donors (Lipinski definition) is 1. The molecule has 7 nitrogen and oxygen atoms in total. The van der Waals surface area contributed by atoms with E-state index in [1.807, 2.05) is 97.1 Å². The molecule has 200 valence electrons. The van der Waals surface area contributed by atoms with E-state index in [2.05, 4.69) is 5.32 Å². The Morgan fingerprint density at radius 2 is 1.38 bits per heavy atom. The summed E-state index contributed by atoms with van der Waals surface area (Å²) >= 11 is 0. The Kier molecular flexibility index (Phi) is 8.92. The zero-order chi connectivity index (χ0) is 26.7. The van der Waals surface area contributed by atoms with Gasteiger partial charge >= 0.3 is 6.09 Å². The van der Waals surface area contributed by atoms with E-state index in [1.165, 1.54) is 6.42 Å². The molecule has 3 aromatic carbocycles. The van der Waals surface area contributed by atoms with Crippen molar-refractivity contribution < 1.29 is 19.0 Å². The van der Waals surface area contributed by atoms with Crippen LogP contribution in [0.15, 0.2) is 97.1 Å². The molecule has 0 unspecified atom stereocenters. The molecule has 0 aliphatic carbocycles. The fourth-order valence-electron chi connectivity index (χ4n) is 4.41. The highest BCUT2D eigenvalue weighted by atomic mass is 16.6. The maximum absolute atomic E-state index is 12.2. The van der Waals surface area contributed by atoms with Gasteiger partial charge in [-0.3, -0.25) is 0 Å². The van der Waals surface area contributed by atoms with Crippen LogP contribution in [0.1, 0.15) is 30.4 Å². The molecule has 1 aromatic heterocycles. The van der Waals surface area contributed by atoms with Crippen molar-refractivity contribution in [1.29, 1.82) is 0 Å². The number of pyridine rings is 1. The number of benzene rings is 3. The van der Waals surface area contributed by atoms with Gasteiger partial charge in [-0.05, 0) is 54.2 Å². The fourth-order valence-corrected chi connectivity index (χ4v) is 4.41. The zero-order valence-electron chi connectivity index (χ0n) is 21.9. The van der Waals surface area contributed by atoms with E-state index in [0.717, 1.165) is 53.9 Å². The number of anilines is 1. The molecule has 0 radical (unpaired) electrons. The summed E-state index contributed by atoms with van der Waals surface area (Å²) in [5.41, 5.74) is 4.80. The first kappa shape index (κ1) is 26.1. The number of amides is 1. The monoisotopic (exact) mass is 523 g/mol. The number of piperidine rings is 1. The number of carbonyl (C=O) groups excluding carboxylic acids is 1. The smallest absolute Gasteiger partial charge is 0.411 e. The number of rotatable bonds is 10. The predicted octanol–water partition coefficient (Wildman–Crippen LogP) is 6.90. The van der Waals surface area contributed by atoms with Crippen LogP contribution in [0, 0.1) is 0 Å². The van der Waals surface area contributed by atoms with E-state index in [4.69, 9.17) is 19.2 Å². The summed E-state index contributed by atoms with van der Waals surface area (Å²) in [5, 5.41) is 3.16. The molecule has 1 fully saturated rings. The highest BCUT2D eigenvalue weighted by Gasteiger charge is 2.17. The van der Waals surface area contributed by atoms with Gasteiger partial charge in [-0.2, -0.15) is 4.98 Å². The lowest BCUT2D eigenvalue weighted by atomic mass is 10.1. The molecule has 4 aromatic rings. The molecule has 1 amide bonds. The number of carbonyl (C=O) groups is 1. The second-order valence-corrected chi connectivity index (χ2v) is 9.41. The van der Waals surface area contributed by atoms with Crippen molar-refractivity contribution in [3.63, 3.8) is 0 Å². The van der Waals surface area contributed by atoms with Crippen molar-refractivity contribution in [2.45, 2.75) is 32.5 Å². The molecule has 0 saturated carbocycles. The Hall–Kier alpha value is -4.52. The summed E-state index contributed by atoms with van der Waals surface area (Å²) in [5.74, 6) is 1.00. The van der Waals surface area contributed by atoms with Gasteiger partial charge in [0.05, 0.1) is 0 Å². The Balaban J connectivity index is 1.25. The van der Waals surface area contributed by atoms with Crippen LogP contribution < -0.4 is 14.8 Å². The van der Waals surface area contributed by atoms with Gasteiger partial charge in [0.2, 0.25) is 11.8 Å². The first-order chi connectivity index (χ1) is 19.2. The lowest BCUT2D eigenvalue weighted by molar-refractivity contribution is 0.101. The van der Waals surface area contributed by atoms with Gasteiger partial charge in [0, 0.05) is 30.4 Å². The Labute approximate surface area is 229 Å². The van der Waals surface area contributed by atoms with Crippen LogP contribution in [0.2, 0.25) is 0 Å². The van der Waals surface area contributed by atoms with Gasteiger partial charge in [0.15, 0.2) is 6.73 Å². The fraction of sp³-hybridized carbons (Fsp3) is 0.250. The minimum Gasteiger partial charge on any atom is -0.473 e. The lowest BCUT2D eigenvalue weighted by Crippen LogP contribution is -2.36. The molecular weight excluding hydrogens is 490 g/mol. The number of hydrogen-bond acceptors (Lipinski definition) is 6. The quantitative estimate of drug-likeness (QED) is 0.228. The van der Waals surface area contributed by atoms with Crippen molar-refractivity contribution in [3.05, 3.63) is 108 Å². The molecule has 7 heteroatoms. The second kappa shape index (κ2) is 13.3. The summed E-state index contributed by atoms with van der Waals surface area (Å²) in [6, 6.07) is 31.7. The van der Waals surface area contributed by atoms with E-state index in [1.54, 1.807) is 4.90 Å². The summed E-state index contributed by atoms with van der Waals surface area (Å²) in [6.45, 7) is 2.48. The summed E-state index contributed by atoms with van der Waals surface area (Å²) < 4.78 is 17.5. The molecule has 0 bridgehead atoms. The van der Waals surface area contributed by atoms with Gasteiger partial charge in [0.1, 0.15) is 13.2 Å². The van der Waals surface area contributed by atoms with Crippen LogP contribution in [0.5, 0.6) is 11.8 Å². The van der Waals surface area contributed by atoms with Crippen LogP contribution in [0.3, 0.4) is 0 Å². The van der Waals surface area contributed by atoms with E-state index < -0.39 is 0 Å². The minimum atomic E-state index is -0.264. The molecule has 0 atom stereocenters. The standard InChI is InChI=1S/C32H33N3O4/c36-32(35-20-8-3-9-21-35)39-24-33-28-16-14-27(15-17-28)29-18-19-30(37-22-25-10-4-1-5-11-25)34-31(29)38-23-26-12-6-2-7-13-26/h1-2,4-7,10-19,33H,3,8-9,20-24H2. The third-order valence-electron chi connectivity index (χ3n) is 6.56. The average molecular weight is 524 g/mol. The molecule has 1 saturated heterocycles. The van der Waals surface area contributed by atoms with Gasteiger partial charge < -0.3 is 24.4 Å². The normalized spacial score (nSPS) is 13.0. The molecule has 5 rings (SSSR count). The molecule has 0 spiro atoms. The zero-order valence-corrected chi connectivity index (χ0v) is 21.9. The first-order valence-corrected chi connectivity index (χ1v) is 13.3. The molecule has 39 heavy (non-hydrogen) atoms. The number of aromatic nitrogens is 1. The number of ether oxygens (including phenoxy) is 3. The molecule has 1 N–H and O–H groups in total. The predicted molar refractivity (Wildman–Crippen MR) is 152 cm³/mol.